The maximum absolute atomic E-state index is 13.1. The molecule has 184 valence electrons. The van der Waals surface area contributed by atoms with Gasteiger partial charge in [0.2, 0.25) is 15.9 Å². The number of sulfonamides is 1. The molecule has 0 aromatic heterocycles. The van der Waals surface area contributed by atoms with Gasteiger partial charge in [-0.25, -0.2) is 8.42 Å². The van der Waals surface area contributed by atoms with Crippen molar-refractivity contribution in [2.75, 3.05) is 38.6 Å². The van der Waals surface area contributed by atoms with Crippen LogP contribution in [0.4, 0.5) is 5.69 Å². The van der Waals surface area contributed by atoms with Gasteiger partial charge in [-0.1, -0.05) is 30.7 Å². The molecule has 0 saturated carbocycles. The Balaban J connectivity index is 1.40. The van der Waals surface area contributed by atoms with Gasteiger partial charge < -0.3 is 10.1 Å². The second-order valence-electron chi connectivity index (χ2n) is 9.29. The van der Waals surface area contributed by atoms with Crippen LogP contribution >= 0.6 is 0 Å². The molecule has 0 aliphatic carbocycles. The number of carbonyl (C=O) groups is 1. The van der Waals surface area contributed by atoms with Crippen molar-refractivity contribution in [3.8, 4) is 5.75 Å². The predicted molar refractivity (Wildman–Crippen MR) is 133 cm³/mol. The third kappa shape index (κ3) is 5.62. The lowest BCUT2D eigenvalue weighted by molar-refractivity contribution is -0.121. The Morgan fingerprint density at radius 3 is 2.41 bits per heavy atom. The second-order valence-corrected chi connectivity index (χ2v) is 11.2. The molecule has 2 heterocycles. The number of nitrogens with zero attached hydrogens (tertiary/aromatic N) is 2. The van der Waals surface area contributed by atoms with Crippen molar-refractivity contribution in [1.29, 1.82) is 0 Å². The van der Waals surface area contributed by atoms with Crippen LogP contribution in [0.2, 0.25) is 0 Å². The molecule has 0 unspecified atom stereocenters. The topological polar surface area (TPSA) is 79.0 Å². The van der Waals surface area contributed by atoms with Crippen LogP contribution in [-0.4, -0.2) is 56.8 Å². The monoisotopic (exact) mass is 485 g/mol. The largest absolute Gasteiger partial charge is 0.495 e. The predicted octanol–water partition coefficient (Wildman–Crippen LogP) is 4.03. The number of piperidine rings is 2. The average molecular weight is 486 g/mol. The number of carbonyl (C=O) groups excluding carboxylic acids is 1. The summed E-state index contributed by atoms with van der Waals surface area (Å²) in [6.07, 6.45) is 4.35. The molecular formula is C26H35N3O4S. The minimum absolute atomic E-state index is 0.0821. The fourth-order valence-corrected chi connectivity index (χ4v) is 6.36. The summed E-state index contributed by atoms with van der Waals surface area (Å²) in [7, 11) is -2.07. The molecule has 2 aromatic carbocycles. The summed E-state index contributed by atoms with van der Waals surface area (Å²) in [4.78, 5) is 15.7. The first-order valence-corrected chi connectivity index (χ1v) is 13.6. The van der Waals surface area contributed by atoms with E-state index in [0.717, 1.165) is 51.7 Å². The maximum atomic E-state index is 13.1. The number of amides is 1. The Labute approximate surface area is 203 Å². The number of rotatable bonds is 7. The van der Waals surface area contributed by atoms with Crippen molar-refractivity contribution in [1.82, 2.24) is 9.21 Å². The summed E-state index contributed by atoms with van der Waals surface area (Å²) in [5.74, 6) is 0.268. The molecule has 0 atom stereocenters. The second kappa shape index (κ2) is 10.9. The lowest BCUT2D eigenvalue weighted by atomic mass is 9.95. The van der Waals surface area contributed by atoms with E-state index in [1.165, 1.54) is 28.6 Å². The Morgan fingerprint density at radius 2 is 1.74 bits per heavy atom. The van der Waals surface area contributed by atoms with Crippen LogP contribution in [0.25, 0.3) is 0 Å². The number of benzene rings is 2. The van der Waals surface area contributed by atoms with Gasteiger partial charge in [-0.15, -0.1) is 0 Å². The minimum Gasteiger partial charge on any atom is -0.495 e. The van der Waals surface area contributed by atoms with Gasteiger partial charge in [-0.2, -0.15) is 4.31 Å². The van der Waals surface area contributed by atoms with Crippen molar-refractivity contribution >= 4 is 21.6 Å². The standard InChI is InChI=1S/C26H35N3O4S/c1-20-8-4-5-9-22(20)19-28-16-12-21(13-17-28)26(30)27-24-18-23(10-11-25(24)33-2)34(31,32)29-14-6-3-7-15-29/h4-5,8-11,18,21H,3,6-7,12-17,19H2,1-2H3,(H,27,30). The fraction of sp³-hybridized carbons (Fsp3) is 0.500. The summed E-state index contributed by atoms with van der Waals surface area (Å²) in [5, 5.41) is 2.95. The molecule has 34 heavy (non-hydrogen) atoms. The molecule has 4 rings (SSSR count). The first-order chi connectivity index (χ1) is 16.4. The normalized spacial score (nSPS) is 18.5. The molecule has 2 aliphatic heterocycles. The van der Waals surface area contributed by atoms with Crippen LogP contribution in [0.5, 0.6) is 5.75 Å². The number of ether oxygens (including phenoxy) is 1. The first kappa shape index (κ1) is 24.7. The van der Waals surface area contributed by atoms with Crippen LogP contribution in [0.1, 0.15) is 43.2 Å². The molecule has 2 aromatic rings. The van der Waals surface area contributed by atoms with Gasteiger partial charge in [-0.3, -0.25) is 9.69 Å². The number of hydrogen-bond acceptors (Lipinski definition) is 5. The van der Waals surface area contributed by atoms with E-state index in [0.29, 0.717) is 24.5 Å². The minimum atomic E-state index is -3.59. The van der Waals surface area contributed by atoms with E-state index < -0.39 is 10.0 Å². The summed E-state index contributed by atoms with van der Waals surface area (Å²) in [6, 6.07) is 13.1. The third-order valence-corrected chi connectivity index (χ3v) is 8.89. The first-order valence-electron chi connectivity index (χ1n) is 12.1. The highest BCUT2D eigenvalue weighted by Gasteiger charge is 2.29. The Morgan fingerprint density at radius 1 is 1.03 bits per heavy atom. The molecule has 2 aliphatic rings. The molecule has 8 heteroatoms. The smallest absolute Gasteiger partial charge is 0.243 e. The van der Waals surface area contributed by atoms with E-state index in [1.807, 2.05) is 0 Å². The molecule has 0 bridgehead atoms. The van der Waals surface area contributed by atoms with Crippen LogP contribution < -0.4 is 10.1 Å². The summed E-state index contributed by atoms with van der Waals surface area (Å²) in [5.41, 5.74) is 3.02. The van der Waals surface area contributed by atoms with E-state index >= 15 is 0 Å². The van der Waals surface area contributed by atoms with Gasteiger partial charge in [0.25, 0.3) is 0 Å². The Bertz CT molecular complexity index is 1100. The SMILES string of the molecule is COc1ccc(S(=O)(=O)N2CCCCC2)cc1NC(=O)C1CCN(Cc2ccccc2C)CC1. The van der Waals surface area contributed by atoms with Crippen molar-refractivity contribution in [3.63, 3.8) is 0 Å². The zero-order valence-corrected chi connectivity index (χ0v) is 20.9. The summed E-state index contributed by atoms with van der Waals surface area (Å²) < 4.78 is 33.2. The number of likely N-dealkylation sites (tertiary alicyclic amines) is 1. The number of hydrogen-bond donors (Lipinski definition) is 1. The van der Waals surface area contributed by atoms with Gasteiger partial charge in [0.1, 0.15) is 5.75 Å². The molecule has 0 radical (unpaired) electrons. The summed E-state index contributed by atoms with van der Waals surface area (Å²) >= 11 is 0. The van der Waals surface area contributed by atoms with E-state index in [-0.39, 0.29) is 16.7 Å². The van der Waals surface area contributed by atoms with Crippen LogP contribution in [0.3, 0.4) is 0 Å². The molecule has 2 fully saturated rings. The van der Waals surface area contributed by atoms with Crippen LogP contribution in [-0.2, 0) is 21.4 Å². The Hall–Kier alpha value is -2.42. The number of methoxy groups -OCH3 is 1. The van der Waals surface area contributed by atoms with Crippen LogP contribution in [0.15, 0.2) is 47.4 Å². The molecule has 0 spiro atoms. The van der Waals surface area contributed by atoms with Crippen molar-refractivity contribution in [2.24, 2.45) is 5.92 Å². The zero-order valence-electron chi connectivity index (χ0n) is 20.1. The lowest BCUT2D eigenvalue weighted by Gasteiger charge is -2.31. The maximum Gasteiger partial charge on any atom is 0.243 e. The third-order valence-electron chi connectivity index (χ3n) is 7.00. The zero-order chi connectivity index (χ0) is 24.1. The van der Waals surface area contributed by atoms with Gasteiger partial charge >= 0.3 is 0 Å². The quantitative estimate of drug-likeness (QED) is 0.641. The molecule has 7 nitrogen and oxygen atoms in total. The number of aryl methyl sites for hydroxylation is 1. The van der Waals surface area contributed by atoms with Gasteiger partial charge in [-0.05, 0) is 75.0 Å². The van der Waals surface area contributed by atoms with E-state index in [4.69, 9.17) is 4.74 Å². The highest BCUT2D eigenvalue weighted by Crippen LogP contribution is 2.31. The molecular weight excluding hydrogens is 450 g/mol. The van der Waals surface area contributed by atoms with E-state index in [2.05, 4.69) is 41.4 Å². The Kier molecular flexibility index (Phi) is 7.91. The molecule has 1 amide bonds. The highest BCUT2D eigenvalue weighted by atomic mass is 32.2. The molecule has 2 saturated heterocycles. The highest BCUT2D eigenvalue weighted by molar-refractivity contribution is 7.89. The fourth-order valence-electron chi connectivity index (χ4n) is 4.82. The van der Waals surface area contributed by atoms with Crippen molar-refractivity contribution in [3.05, 3.63) is 53.6 Å². The molecule has 1 N–H and O–H groups in total. The van der Waals surface area contributed by atoms with E-state index in [1.54, 1.807) is 12.1 Å². The number of nitrogens with one attached hydrogen (secondary N) is 1. The average Bonchev–Trinajstić information content (AvgIpc) is 2.86. The number of anilines is 1. The van der Waals surface area contributed by atoms with Crippen LogP contribution in [0, 0.1) is 12.8 Å². The van der Waals surface area contributed by atoms with Gasteiger partial charge in [0, 0.05) is 25.6 Å². The van der Waals surface area contributed by atoms with E-state index in [9.17, 15) is 13.2 Å². The lowest BCUT2D eigenvalue weighted by Crippen LogP contribution is -2.38. The summed E-state index contributed by atoms with van der Waals surface area (Å²) in [6.45, 7) is 5.81. The van der Waals surface area contributed by atoms with Crippen molar-refractivity contribution < 1.29 is 17.9 Å². The van der Waals surface area contributed by atoms with Gasteiger partial charge in [0.15, 0.2) is 0 Å². The van der Waals surface area contributed by atoms with Gasteiger partial charge in [0.05, 0.1) is 17.7 Å². The van der Waals surface area contributed by atoms with Crippen molar-refractivity contribution in [2.45, 2.75) is 50.5 Å².